The normalized spacial score (nSPS) is 45.3. The highest BCUT2D eigenvalue weighted by molar-refractivity contribution is 5.56. The maximum Gasteiger partial charge on any atom is 0.130 e. The molecule has 3 heteroatoms. The van der Waals surface area contributed by atoms with Gasteiger partial charge in [-0.1, -0.05) is 49.8 Å². The van der Waals surface area contributed by atoms with Crippen LogP contribution in [0.4, 0.5) is 4.39 Å². The van der Waals surface area contributed by atoms with Crippen LogP contribution in [0.3, 0.4) is 0 Å². The van der Waals surface area contributed by atoms with Gasteiger partial charge in [-0.2, -0.15) is 0 Å². The van der Waals surface area contributed by atoms with Crippen LogP contribution in [-0.4, -0.2) is 22.4 Å². The van der Waals surface area contributed by atoms with Gasteiger partial charge in [0.1, 0.15) is 5.82 Å². The van der Waals surface area contributed by atoms with Gasteiger partial charge < -0.3 is 10.2 Å². The Morgan fingerprint density at radius 1 is 1.03 bits per heavy atom. The SMILES string of the molecule is C[C@]12CC[C@H]3[C@@H](CC=C4C[C@@H](O)CC[C@@]43C)[C@@H]1C/C(=C\c1ccccc1F)[C@H]2O. The minimum atomic E-state index is -0.487. The smallest absolute Gasteiger partial charge is 0.130 e. The summed E-state index contributed by atoms with van der Waals surface area (Å²) >= 11 is 0. The summed E-state index contributed by atoms with van der Waals surface area (Å²) in [6, 6.07) is 6.85. The topological polar surface area (TPSA) is 40.5 Å². The molecule has 3 saturated carbocycles. The summed E-state index contributed by atoms with van der Waals surface area (Å²) in [6.45, 7) is 4.68. The first-order valence-electron chi connectivity index (χ1n) is 11.3. The van der Waals surface area contributed by atoms with Gasteiger partial charge in [0.2, 0.25) is 0 Å². The summed E-state index contributed by atoms with van der Waals surface area (Å²) < 4.78 is 14.2. The number of halogens is 1. The molecule has 0 heterocycles. The van der Waals surface area contributed by atoms with Crippen LogP contribution in [0.15, 0.2) is 41.5 Å². The van der Waals surface area contributed by atoms with E-state index < -0.39 is 6.10 Å². The van der Waals surface area contributed by atoms with Crippen molar-refractivity contribution in [1.82, 2.24) is 0 Å². The molecule has 0 radical (unpaired) electrons. The largest absolute Gasteiger partial charge is 0.393 e. The standard InChI is InChI=1S/C26H33FO2/c1-25-11-9-19(28)15-18(25)7-8-20-21(25)10-12-26(2)22(20)14-17(24(26)29)13-16-5-3-4-6-23(16)27/h3-7,13,19-22,24,28-29H,8-12,14-15H2,1-2H3/b17-13+/t19-,20+,21-,22-,24+,25-,26-/m0/s1. The van der Waals surface area contributed by atoms with Crippen molar-refractivity contribution in [1.29, 1.82) is 0 Å². The molecule has 2 N–H and O–H groups in total. The van der Waals surface area contributed by atoms with E-state index in [1.807, 2.05) is 12.1 Å². The van der Waals surface area contributed by atoms with Crippen LogP contribution >= 0.6 is 0 Å². The van der Waals surface area contributed by atoms with Crippen LogP contribution in [-0.2, 0) is 0 Å². The molecule has 7 atom stereocenters. The lowest BCUT2D eigenvalue weighted by Crippen LogP contribution is -2.51. The Labute approximate surface area is 173 Å². The highest BCUT2D eigenvalue weighted by Crippen LogP contribution is 2.65. The monoisotopic (exact) mass is 396 g/mol. The second-order valence-corrected chi connectivity index (χ2v) is 10.5. The van der Waals surface area contributed by atoms with Crippen LogP contribution in [0, 0.1) is 34.4 Å². The Morgan fingerprint density at radius 2 is 1.83 bits per heavy atom. The van der Waals surface area contributed by atoms with Crippen molar-refractivity contribution >= 4 is 6.08 Å². The van der Waals surface area contributed by atoms with Crippen molar-refractivity contribution in [3.63, 3.8) is 0 Å². The second kappa shape index (κ2) is 6.78. The summed E-state index contributed by atoms with van der Waals surface area (Å²) in [4.78, 5) is 0. The fourth-order valence-corrected chi connectivity index (χ4v) is 7.43. The third kappa shape index (κ3) is 2.88. The van der Waals surface area contributed by atoms with Crippen molar-refractivity contribution in [2.24, 2.45) is 28.6 Å². The second-order valence-electron chi connectivity index (χ2n) is 10.5. The molecule has 156 valence electrons. The van der Waals surface area contributed by atoms with E-state index in [1.54, 1.807) is 12.1 Å². The van der Waals surface area contributed by atoms with Crippen LogP contribution in [0.5, 0.6) is 0 Å². The number of benzene rings is 1. The lowest BCUT2D eigenvalue weighted by molar-refractivity contribution is -0.0685. The Kier molecular flexibility index (Phi) is 4.56. The number of hydrogen-bond donors (Lipinski definition) is 2. The number of aliphatic hydroxyl groups is 2. The third-order valence-corrected chi connectivity index (χ3v) is 9.19. The van der Waals surface area contributed by atoms with Gasteiger partial charge >= 0.3 is 0 Å². The van der Waals surface area contributed by atoms with Gasteiger partial charge in [-0.15, -0.1) is 0 Å². The molecule has 0 bridgehead atoms. The van der Waals surface area contributed by atoms with E-state index in [0.717, 1.165) is 50.5 Å². The minimum Gasteiger partial charge on any atom is -0.393 e. The molecule has 29 heavy (non-hydrogen) atoms. The molecule has 1 aromatic rings. The highest BCUT2D eigenvalue weighted by Gasteiger charge is 2.59. The number of rotatable bonds is 1. The van der Waals surface area contributed by atoms with E-state index >= 15 is 0 Å². The van der Waals surface area contributed by atoms with Crippen molar-refractivity contribution < 1.29 is 14.6 Å². The average Bonchev–Trinajstić information content (AvgIpc) is 2.95. The predicted molar refractivity (Wildman–Crippen MR) is 113 cm³/mol. The van der Waals surface area contributed by atoms with E-state index in [1.165, 1.54) is 11.6 Å². The van der Waals surface area contributed by atoms with Gasteiger partial charge in [-0.05, 0) is 79.8 Å². The molecular formula is C26H33FO2. The number of allylic oxidation sites excluding steroid dienone is 1. The Balaban J connectivity index is 1.48. The van der Waals surface area contributed by atoms with E-state index in [2.05, 4.69) is 19.9 Å². The molecule has 0 saturated heterocycles. The molecule has 0 spiro atoms. The molecule has 0 aromatic heterocycles. The van der Waals surface area contributed by atoms with Gasteiger partial charge in [0, 0.05) is 11.0 Å². The molecule has 1 aromatic carbocycles. The first-order chi connectivity index (χ1) is 13.8. The van der Waals surface area contributed by atoms with Crippen LogP contribution in [0.1, 0.15) is 64.4 Å². The van der Waals surface area contributed by atoms with E-state index in [9.17, 15) is 14.6 Å². The molecular weight excluding hydrogens is 363 g/mol. The first-order valence-corrected chi connectivity index (χ1v) is 11.3. The van der Waals surface area contributed by atoms with E-state index in [4.69, 9.17) is 0 Å². The van der Waals surface area contributed by atoms with Crippen LogP contribution in [0.2, 0.25) is 0 Å². The Hall–Kier alpha value is -1.45. The number of hydrogen-bond acceptors (Lipinski definition) is 2. The Bertz CT molecular complexity index is 873. The molecule has 5 rings (SSSR count). The molecule has 3 fully saturated rings. The molecule has 2 nitrogen and oxygen atoms in total. The summed E-state index contributed by atoms with van der Waals surface area (Å²) in [5.41, 5.74) is 3.14. The molecule has 0 amide bonds. The van der Waals surface area contributed by atoms with Gasteiger partial charge in [0.15, 0.2) is 0 Å². The molecule has 4 aliphatic carbocycles. The summed E-state index contributed by atoms with van der Waals surface area (Å²) in [5, 5.41) is 21.4. The maximum absolute atomic E-state index is 14.2. The Morgan fingerprint density at radius 3 is 2.62 bits per heavy atom. The zero-order valence-corrected chi connectivity index (χ0v) is 17.6. The minimum absolute atomic E-state index is 0.117. The fourth-order valence-electron chi connectivity index (χ4n) is 7.43. The number of aliphatic hydroxyl groups excluding tert-OH is 2. The van der Waals surface area contributed by atoms with Gasteiger partial charge in [0.05, 0.1) is 12.2 Å². The van der Waals surface area contributed by atoms with Crippen molar-refractivity contribution in [2.75, 3.05) is 0 Å². The zero-order chi connectivity index (χ0) is 20.4. The van der Waals surface area contributed by atoms with Gasteiger partial charge in [0.25, 0.3) is 0 Å². The predicted octanol–water partition coefficient (Wildman–Crippen LogP) is 5.50. The van der Waals surface area contributed by atoms with E-state index in [0.29, 0.717) is 23.3 Å². The zero-order valence-electron chi connectivity index (χ0n) is 17.6. The van der Waals surface area contributed by atoms with Crippen molar-refractivity contribution in [3.8, 4) is 0 Å². The van der Waals surface area contributed by atoms with E-state index in [-0.39, 0.29) is 22.8 Å². The third-order valence-electron chi connectivity index (χ3n) is 9.19. The lowest BCUT2D eigenvalue weighted by Gasteiger charge is -2.57. The number of fused-ring (bicyclic) bond motifs is 5. The average molecular weight is 397 g/mol. The molecule has 0 aliphatic heterocycles. The fraction of sp³-hybridized carbons (Fsp3) is 0.615. The lowest BCUT2D eigenvalue weighted by atomic mass is 9.48. The molecule has 0 unspecified atom stereocenters. The first kappa shape index (κ1) is 19.5. The quantitative estimate of drug-likeness (QED) is 0.615. The highest BCUT2D eigenvalue weighted by atomic mass is 19.1. The summed E-state index contributed by atoms with van der Waals surface area (Å²) in [6.07, 6.45) is 10.6. The van der Waals surface area contributed by atoms with Gasteiger partial charge in [-0.3, -0.25) is 0 Å². The molecule has 4 aliphatic rings. The maximum atomic E-state index is 14.2. The van der Waals surface area contributed by atoms with Crippen molar-refractivity contribution in [2.45, 2.75) is 71.0 Å². The van der Waals surface area contributed by atoms with Gasteiger partial charge in [-0.25, -0.2) is 4.39 Å². The summed E-state index contributed by atoms with van der Waals surface area (Å²) in [7, 11) is 0. The summed E-state index contributed by atoms with van der Waals surface area (Å²) in [5.74, 6) is 1.42. The van der Waals surface area contributed by atoms with Crippen molar-refractivity contribution in [3.05, 3.63) is 52.9 Å². The van der Waals surface area contributed by atoms with Crippen LogP contribution in [0.25, 0.3) is 6.08 Å². The van der Waals surface area contributed by atoms with Crippen LogP contribution < -0.4 is 0 Å².